The third-order valence-electron chi connectivity index (χ3n) is 4.25. The van der Waals surface area contributed by atoms with Crippen molar-refractivity contribution in [3.05, 3.63) is 41.9 Å². The van der Waals surface area contributed by atoms with Gasteiger partial charge >= 0.3 is 6.18 Å². The van der Waals surface area contributed by atoms with Crippen LogP contribution in [0.1, 0.15) is 23.2 Å². The minimum Gasteiger partial charge on any atom is -0.339 e. The Kier molecular flexibility index (Phi) is 4.71. The van der Waals surface area contributed by atoms with Gasteiger partial charge in [0.05, 0.1) is 0 Å². The zero-order chi connectivity index (χ0) is 18.9. The van der Waals surface area contributed by atoms with Crippen LogP contribution in [0.3, 0.4) is 0 Å². The molecule has 26 heavy (non-hydrogen) atoms. The summed E-state index contributed by atoms with van der Waals surface area (Å²) in [5.41, 5.74) is 0.196. The Bertz CT molecular complexity index is 809. The molecule has 0 aliphatic carbocycles. The van der Waals surface area contributed by atoms with Crippen LogP contribution in [-0.4, -0.2) is 57.8 Å². The zero-order valence-electron chi connectivity index (χ0n) is 14.0. The molecule has 0 saturated carbocycles. The van der Waals surface area contributed by atoms with Gasteiger partial charge in [0, 0.05) is 38.7 Å². The summed E-state index contributed by atoms with van der Waals surface area (Å²) in [6.45, 7) is 2.65. The van der Waals surface area contributed by atoms with Gasteiger partial charge in [-0.25, -0.2) is 4.98 Å². The van der Waals surface area contributed by atoms with E-state index in [4.69, 9.17) is 0 Å². The van der Waals surface area contributed by atoms with E-state index in [2.05, 4.69) is 9.97 Å². The van der Waals surface area contributed by atoms with Crippen LogP contribution in [0.15, 0.2) is 30.3 Å². The number of piperazine rings is 1. The summed E-state index contributed by atoms with van der Waals surface area (Å²) in [6, 6.07) is 8.25. The predicted molar refractivity (Wildman–Crippen MR) is 87.2 cm³/mol. The lowest BCUT2D eigenvalue weighted by atomic mass is 10.1. The van der Waals surface area contributed by atoms with Crippen molar-refractivity contribution in [1.82, 2.24) is 19.8 Å². The Hall–Kier alpha value is -2.84. The number of hydrogen-bond acceptors (Lipinski definition) is 3. The number of amides is 2. The van der Waals surface area contributed by atoms with Crippen molar-refractivity contribution in [2.24, 2.45) is 0 Å². The summed E-state index contributed by atoms with van der Waals surface area (Å²) in [4.78, 5) is 33.0. The van der Waals surface area contributed by atoms with Crippen LogP contribution < -0.4 is 0 Å². The normalized spacial score (nSPS) is 15.2. The van der Waals surface area contributed by atoms with Gasteiger partial charge in [-0.15, -0.1) is 0 Å². The Balaban J connectivity index is 1.92. The largest absolute Gasteiger partial charge is 0.449 e. The molecule has 9 heteroatoms. The van der Waals surface area contributed by atoms with Gasteiger partial charge in [-0.3, -0.25) is 9.59 Å². The maximum absolute atomic E-state index is 13.1. The number of halogens is 3. The van der Waals surface area contributed by atoms with E-state index in [0.29, 0.717) is 18.7 Å². The minimum absolute atomic E-state index is 0.0306. The number of nitrogens with one attached hydrogen (secondary N) is 1. The minimum atomic E-state index is -4.69. The summed E-state index contributed by atoms with van der Waals surface area (Å²) in [6.07, 6.45) is -4.69. The van der Waals surface area contributed by atoms with E-state index in [1.807, 2.05) is 0 Å². The van der Waals surface area contributed by atoms with Crippen molar-refractivity contribution in [2.45, 2.75) is 13.1 Å². The molecule has 1 fully saturated rings. The van der Waals surface area contributed by atoms with E-state index in [0.717, 1.165) is 0 Å². The number of imidazole rings is 1. The quantitative estimate of drug-likeness (QED) is 0.887. The van der Waals surface area contributed by atoms with Crippen LogP contribution in [0, 0.1) is 0 Å². The number of aromatic amines is 1. The molecule has 0 atom stereocenters. The van der Waals surface area contributed by atoms with Gasteiger partial charge in [0.15, 0.2) is 0 Å². The molecular formula is C17H17F3N4O2. The first-order valence-corrected chi connectivity index (χ1v) is 8.05. The lowest BCUT2D eigenvalue weighted by Crippen LogP contribution is -2.50. The van der Waals surface area contributed by atoms with E-state index in [9.17, 15) is 22.8 Å². The predicted octanol–water partition coefficient (Wildman–Crippen LogP) is 2.40. The summed E-state index contributed by atoms with van der Waals surface area (Å²) < 4.78 is 39.2. The highest BCUT2D eigenvalue weighted by atomic mass is 19.4. The van der Waals surface area contributed by atoms with Crippen molar-refractivity contribution >= 4 is 11.8 Å². The van der Waals surface area contributed by atoms with Crippen LogP contribution in [0.2, 0.25) is 0 Å². The fourth-order valence-electron chi connectivity index (χ4n) is 2.85. The van der Waals surface area contributed by atoms with Gasteiger partial charge in [0.2, 0.25) is 11.7 Å². The number of rotatable bonds is 2. The fraction of sp³-hybridized carbons (Fsp3) is 0.353. The molecule has 1 saturated heterocycles. The van der Waals surface area contributed by atoms with E-state index in [-0.39, 0.29) is 30.4 Å². The Morgan fingerprint density at radius 2 is 1.62 bits per heavy atom. The van der Waals surface area contributed by atoms with Crippen molar-refractivity contribution in [2.75, 3.05) is 26.2 Å². The lowest BCUT2D eigenvalue weighted by molar-refractivity contribution is -0.144. The molecule has 0 bridgehead atoms. The smallest absolute Gasteiger partial charge is 0.339 e. The second kappa shape index (κ2) is 6.81. The van der Waals surface area contributed by atoms with Crippen LogP contribution in [-0.2, 0) is 11.0 Å². The van der Waals surface area contributed by atoms with Crippen LogP contribution in [0.25, 0.3) is 11.3 Å². The Morgan fingerprint density at radius 3 is 2.15 bits per heavy atom. The topological polar surface area (TPSA) is 69.3 Å². The number of hydrogen-bond donors (Lipinski definition) is 1. The van der Waals surface area contributed by atoms with Gasteiger partial charge < -0.3 is 14.8 Å². The van der Waals surface area contributed by atoms with E-state index >= 15 is 0 Å². The second-order valence-corrected chi connectivity index (χ2v) is 5.97. The molecule has 3 rings (SSSR count). The monoisotopic (exact) mass is 366 g/mol. The van der Waals surface area contributed by atoms with Gasteiger partial charge in [0.25, 0.3) is 5.91 Å². The molecule has 2 amide bonds. The highest BCUT2D eigenvalue weighted by molar-refractivity contribution is 5.98. The molecule has 1 aliphatic rings. The first kappa shape index (κ1) is 18.0. The molecule has 1 aromatic carbocycles. The summed E-state index contributed by atoms with van der Waals surface area (Å²) >= 11 is 0. The fourth-order valence-corrected chi connectivity index (χ4v) is 2.85. The standard InChI is InChI=1S/C17H17F3N4O2/c1-11(25)23-7-9-24(10-8-23)15(26)14-13(12-5-3-2-4-6-12)21-16(22-14)17(18,19)20/h2-6H,7-10H2,1H3,(H,21,22). The number of alkyl halides is 3. The van der Waals surface area contributed by atoms with Gasteiger partial charge in [-0.05, 0) is 0 Å². The molecular weight excluding hydrogens is 349 g/mol. The molecule has 0 radical (unpaired) electrons. The maximum atomic E-state index is 13.1. The number of carbonyl (C=O) groups excluding carboxylic acids is 2. The SMILES string of the molecule is CC(=O)N1CCN(C(=O)c2[nH]c(C(F)(F)F)nc2-c2ccccc2)CC1. The molecule has 1 aliphatic heterocycles. The molecule has 2 heterocycles. The van der Waals surface area contributed by atoms with Crippen molar-refractivity contribution in [1.29, 1.82) is 0 Å². The van der Waals surface area contributed by atoms with E-state index in [1.54, 1.807) is 35.2 Å². The molecule has 0 spiro atoms. The second-order valence-electron chi connectivity index (χ2n) is 5.97. The van der Waals surface area contributed by atoms with Crippen LogP contribution in [0.5, 0.6) is 0 Å². The Labute approximate surface area is 147 Å². The first-order chi connectivity index (χ1) is 12.3. The van der Waals surface area contributed by atoms with E-state index < -0.39 is 17.9 Å². The number of benzene rings is 1. The highest BCUT2D eigenvalue weighted by Gasteiger charge is 2.38. The van der Waals surface area contributed by atoms with Crippen molar-refractivity contribution < 1.29 is 22.8 Å². The first-order valence-electron chi connectivity index (χ1n) is 8.05. The number of nitrogens with zero attached hydrogens (tertiary/aromatic N) is 3. The molecule has 1 N–H and O–H groups in total. The highest BCUT2D eigenvalue weighted by Crippen LogP contribution is 2.31. The molecule has 138 valence electrons. The molecule has 6 nitrogen and oxygen atoms in total. The average Bonchev–Trinajstić information content (AvgIpc) is 3.07. The summed E-state index contributed by atoms with van der Waals surface area (Å²) in [5, 5.41) is 0. The van der Waals surface area contributed by atoms with Gasteiger partial charge in [-0.1, -0.05) is 30.3 Å². The molecule has 1 aromatic heterocycles. The number of H-pyrrole nitrogens is 1. The van der Waals surface area contributed by atoms with Gasteiger partial charge in [-0.2, -0.15) is 13.2 Å². The zero-order valence-corrected chi connectivity index (χ0v) is 14.0. The van der Waals surface area contributed by atoms with Crippen molar-refractivity contribution in [3.63, 3.8) is 0 Å². The van der Waals surface area contributed by atoms with Crippen LogP contribution in [0.4, 0.5) is 13.2 Å². The van der Waals surface area contributed by atoms with Crippen LogP contribution >= 0.6 is 0 Å². The lowest BCUT2D eigenvalue weighted by Gasteiger charge is -2.34. The summed E-state index contributed by atoms with van der Waals surface area (Å²) in [5.74, 6) is -1.86. The average molecular weight is 366 g/mol. The third-order valence-corrected chi connectivity index (χ3v) is 4.25. The maximum Gasteiger partial charge on any atom is 0.449 e. The summed E-state index contributed by atoms with van der Waals surface area (Å²) in [7, 11) is 0. The molecule has 0 unspecified atom stereocenters. The number of carbonyl (C=O) groups is 2. The molecule has 2 aromatic rings. The van der Waals surface area contributed by atoms with Crippen molar-refractivity contribution in [3.8, 4) is 11.3 Å². The third kappa shape index (κ3) is 3.56. The number of aromatic nitrogens is 2. The van der Waals surface area contributed by atoms with E-state index in [1.165, 1.54) is 11.8 Å². The van der Waals surface area contributed by atoms with Gasteiger partial charge in [0.1, 0.15) is 11.4 Å². The Morgan fingerprint density at radius 1 is 1.04 bits per heavy atom.